The van der Waals surface area contributed by atoms with Crippen LogP contribution in [0.1, 0.15) is 23.6 Å². The average Bonchev–Trinajstić information content (AvgIpc) is 3.09. The summed E-state index contributed by atoms with van der Waals surface area (Å²) in [6, 6.07) is 25.3. The van der Waals surface area contributed by atoms with E-state index >= 15 is 0 Å². The van der Waals surface area contributed by atoms with Crippen molar-refractivity contribution in [3.63, 3.8) is 0 Å². The molecular weight excluding hydrogens is 376 g/mol. The van der Waals surface area contributed by atoms with Crippen LogP contribution in [0.5, 0.6) is 5.75 Å². The van der Waals surface area contributed by atoms with E-state index in [0.29, 0.717) is 6.61 Å². The van der Waals surface area contributed by atoms with E-state index in [1.807, 2.05) is 12.1 Å². The molecule has 0 aliphatic rings. The van der Waals surface area contributed by atoms with Crippen molar-refractivity contribution in [2.45, 2.75) is 32.0 Å². The van der Waals surface area contributed by atoms with E-state index in [1.165, 1.54) is 22.2 Å². The van der Waals surface area contributed by atoms with Crippen LogP contribution in [0.3, 0.4) is 0 Å². The largest absolute Gasteiger partial charge is 0.492 e. The van der Waals surface area contributed by atoms with Crippen molar-refractivity contribution in [3.8, 4) is 5.75 Å². The van der Waals surface area contributed by atoms with Crippen LogP contribution in [-0.4, -0.2) is 21.9 Å². The molecule has 0 unspecified atom stereocenters. The molecule has 0 N–H and O–H groups in total. The van der Waals surface area contributed by atoms with Gasteiger partial charge in [0.15, 0.2) is 5.16 Å². The molecule has 148 valence electrons. The number of benzene rings is 3. The molecule has 0 spiro atoms. The van der Waals surface area contributed by atoms with Gasteiger partial charge < -0.3 is 9.30 Å². The van der Waals surface area contributed by atoms with Crippen LogP contribution in [0, 0.1) is 6.92 Å². The lowest BCUT2D eigenvalue weighted by Gasteiger charge is -2.11. The molecule has 29 heavy (non-hydrogen) atoms. The zero-order chi connectivity index (χ0) is 20.1. The number of hydrogen-bond acceptors (Lipinski definition) is 3. The Morgan fingerprint density at radius 3 is 2.66 bits per heavy atom. The van der Waals surface area contributed by atoms with E-state index in [4.69, 9.17) is 9.72 Å². The molecule has 0 amide bonds. The van der Waals surface area contributed by atoms with Crippen LogP contribution in [0.4, 0.5) is 0 Å². The summed E-state index contributed by atoms with van der Waals surface area (Å²) >= 11 is 1.76. The average molecular weight is 403 g/mol. The lowest BCUT2D eigenvalue weighted by atomic mass is 10.1. The Balaban J connectivity index is 1.49. The number of nitrogens with zero attached hydrogens (tertiary/aromatic N) is 2. The zero-order valence-electron chi connectivity index (χ0n) is 17.0. The molecule has 0 fully saturated rings. The smallest absolute Gasteiger partial charge is 0.169 e. The molecule has 0 atom stereocenters. The molecule has 1 aromatic heterocycles. The van der Waals surface area contributed by atoms with Gasteiger partial charge in [0.2, 0.25) is 0 Å². The van der Waals surface area contributed by atoms with Gasteiger partial charge in [-0.1, -0.05) is 78.8 Å². The summed E-state index contributed by atoms with van der Waals surface area (Å²) < 4.78 is 8.35. The monoisotopic (exact) mass is 402 g/mol. The first kappa shape index (κ1) is 19.6. The molecule has 4 heteroatoms. The van der Waals surface area contributed by atoms with E-state index in [1.54, 1.807) is 11.8 Å². The third kappa shape index (κ3) is 4.65. The summed E-state index contributed by atoms with van der Waals surface area (Å²) in [6.07, 6.45) is 0.982. The summed E-state index contributed by atoms with van der Waals surface area (Å²) in [5.74, 6) is 1.85. The first-order valence-corrected chi connectivity index (χ1v) is 11.1. The third-order valence-electron chi connectivity index (χ3n) is 4.97. The van der Waals surface area contributed by atoms with Crippen LogP contribution in [-0.2, 0) is 13.0 Å². The SMILES string of the molecule is CCc1ccccc1OCCSc1nc2ccccc2n1Cc1cccc(C)c1. The summed E-state index contributed by atoms with van der Waals surface area (Å²) in [5, 5.41) is 1.04. The predicted molar refractivity (Wildman–Crippen MR) is 122 cm³/mol. The number of rotatable bonds is 8. The second-order valence-corrected chi connectivity index (χ2v) is 8.18. The molecule has 0 aliphatic carbocycles. The van der Waals surface area contributed by atoms with Gasteiger partial charge in [-0.05, 0) is 42.7 Å². The fourth-order valence-electron chi connectivity index (χ4n) is 3.53. The van der Waals surface area contributed by atoms with Crippen molar-refractivity contribution in [2.75, 3.05) is 12.4 Å². The van der Waals surface area contributed by atoms with Crippen molar-refractivity contribution < 1.29 is 4.74 Å². The number of fused-ring (bicyclic) bond motifs is 1. The number of ether oxygens (including phenoxy) is 1. The lowest BCUT2D eigenvalue weighted by molar-refractivity contribution is 0.340. The number of imidazole rings is 1. The van der Waals surface area contributed by atoms with Gasteiger partial charge in [0.05, 0.1) is 24.2 Å². The summed E-state index contributed by atoms with van der Waals surface area (Å²) in [6.45, 7) is 5.78. The number of thioether (sulfide) groups is 1. The van der Waals surface area contributed by atoms with Gasteiger partial charge in [-0.25, -0.2) is 4.98 Å². The normalized spacial score (nSPS) is 11.1. The maximum Gasteiger partial charge on any atom is 0.169 e. The molecule has 3 nitrogen and oxygen atoms in total. The molecule has 0 radical (unpaired) electrons. The highest BCUT2D eigenvalue weighted by Crippen LogP contribution is 2.26. The van der Waals surface area contributed by atoms with E-state index in [-0.39, 0.29) is 0 Å². The van der Waals surface area contributed by atoms with E-state index in [2.05, 4.69) is 79.1 Å². The minimum atomic E-state index is 0.662. The van der Waals surface area contributed by atoms with Crippen molar-refractivity contribution in [2.24, 2.45) is 0 Å². The van der Waals surface area contributed by atoms with Crippen molar-refractivity contribution in [1.29, 1.82) is 0 Å². The number of aromatic nitrogens is 2. The van der Waals surface area contributed by atoms with Gasteiger partial charge in [0, 0.05) is 5.75 Å². The van der Waals surface area contributed by atoms with Gasteiger partial charge in [-0.3, -0.25) is 0 Å². The number of aryl methyl sites for hydroxylation is 2. The van der Waals surface area contributed by atoms with Crippen molar-refractivity contribution in [3.05, 3.63) is 89.5 Å². The van der Waals surface area contributed by atoms with Gasteiger partial charge in [-0.15, -0.1) is 0 Å². The minimum absolute atomic E-state index is 0.662. The van der Waals surface area contributed by atoms with Crippen molar-refractivity contribution in [1.82, 2.24) is 9.55 Å². The molecule has 0 aliphatic heterocycles. The molecule has 0 saturated heterocycles. The lowest BCUT2D eigenvalue weighted by Crippen LogP contribution is -2.05. The predicted octanol–water partition coefficient (Wildman–Crippen LogP) is 6.13. The fourth-order valence-corrected chi connectivity index (χ4v) is 4.36. The fraction of sp³-hybridized carbons (Fsp3) is 0.240. The van der Waals surface area contributed by atoms with E-state index in [9.17, 15) is 0 Å². The quantitative estimate of drug-likeness (QED) is 0.262. The zero-order valence-corrected chi connectivity index (χ0v) is 17.8. The van der Waals surface area contributed by atoms with E-state index < -0.39 is 0 Å². The summed E-state index contributed by atoms with van der Waals surface area (Å²) in [4.78, 5) is 4.88. The molecule has 4 aromatic rings. The van der Waals surface area contributed by atoms with Crippen LogP contribution in [0.2, 0.25) is 0 Å². The molecule has 3 aromatic carbocycles. The molecule has 0 saturated carbocycles. The van der Waals surface area contributed by atoms with Crippen LogP contribution in [0.25, 0.3) is 11.0 Å². The maximum atomic E-state index is 6.04. The Labute approximate surface area is 176 Å². The van der Waals surface area contributed by atoms with Gasteiger partial charge in [-0.2, -0.15) is 0 Å². The van der Waals surface area contributed by atoms with Gasteiger partial charge in [0.1, 0.15) is 5.75 Å². The van der Waals surface area contributed by atoms with Crippen LogP contribution >= 0.6 is 11.8 Å². The number of para-hydroxylation sites is 3. The number of hydrogen-bond donors (Lipinski definition) is 0. The minimum Gasteiger partial charge on any atom is -0.492 e. The highest BCUT2D eigenvalue weighted by molar-refractivity contribution is 7.99. The van der Waals surface area contributed by atoms with Gasteiger partial charge in [0.25, 0.3) is 0 Å². The molecule has 1 heterocycles. The van der Waals surface area contributed by atoms with Crippen LogP contribution < -0.4 is 4.74 Å². The molecule has 4 rings (SSSR count). The standard InChI is InChI=1S/C25H26N2OS/c1-3-21-11-4-7-14-24(21)28-15-16-29-25-26-22-12-5-6-13-23(22)27(25)18-20-10-8-9-19(2)17-20/h4-14,17H,3,15-16,18H2,1-2H3. The van der Waals surface area contributed by atoms with Crippen molar-refractivity contribution >= 4 is 22.8 Å². The second kappa shape index (κ2) is 9.19. The Kier molecular flexibility index (Phi) is 6.20. The first-order chi connectivity index (χ1) is 14.2. The first-order valence-electron chi connectivity index (χ1n) is 10.1. The van der Waals surface area contributed by atoms with Crippen LogP contribution in [0.15, 0.2) is 78.0 Å². The molecule has 0 bridgehead atoms. The van der Waals surface area contributed by atoms with Gasteiger partial charge >= 0.3 is 0 Å². The Morgan fingerprint density at radius 2 is 1.79 bits per heavy atom. The highest BCUT2D eigenvalue weighted by Gasteiger charge is 2.12. The second-order valence-electron chi connectivity index (χ2n) is 7.12. The highest BCUT2D eigenvalue weighted by atomic mass is 32.2. The third-order valence-corrected chi connectivity index (χ3v) is 5.91. The Bertz CT molecular complexity index is 1100. The Morgan fingerprint density at radius 1 is 0.966 bits per heavy atom. The summed E-state index contributed by atoms with van der Waals surface area (Å²) in [7, 11) is 0. The Hall–Kier alpha value is -2.72. The molecular formula is C25H26N2OS. The topological polar surface area (TPSA) is 27.1 Å². The summed E-state index contributed by atoms with van der Waals surface area (Å²) in [5.41, 5.74) is 6.05. The maximum absolute atomic E-state index is 6.04. The van der Waals surface area contributed by atoms with E-state index in [0.717, 1.165) is 35.1 Å².